The van der Waals surface area contributed by atoms with E-state index in [2.05, 4.69) is 10.2 Å². The van der Waals surface area contributed by atoms with E-state index in [0.29, 0.717) is 24.1 Å². The number of nitrogens with one attached hydrogen (secondary N) is 1. The summed E-state index contributed by atoms with van der Waals surface area (Å²) >= 11 is 6.05. The van der Waals surface area contributed by atoms with E-state index < -0.39 is 6.09 Å². The molecule has 2 saturated heterocycles. The lowest BCUT2D eigenvalue weighted by molar-refractivity contribution is -0.138. The van der Waals surface area contributed by atoms with Crippen molar-refractivity contribution >= 4 is 23.6 Å². The summed E-state index contributed by atoms with van der Waals surface area (Å²) in [7, 11) is 1.66. The lowest BCUT2D eigenvalue weighted by atomic mass is 9.77. The molecule has 2 heterocycles. The highest BCUT2D eigenvalue weighted by Crippen LogP contribution is 2.42. The topological polar surface area (TPSA) is 71.1 Å². The van der Waals surface area contributed by atoms with Crippen molar-refractivity contribution < 1.29 is 19.1 Å². The minimum absolute atomic E-state index is 0.162. The zero-order valence-corrected chi connectivity index (χ0v) is 21.9. The zero-order chi connectivity index (χ0) is 25.5. The molecule has 0 bridgehead atoms. The van der Waals surface area contributed by atoms with Crippen molar-refractivity contribution in [1.29, 1.82) is 0 Å². The Kier molecular flexibility index (Phi) is 8.75. The third-order valence-corrected chi connectivity index (χ3v) is 7.77. The lowest BCUT2D eigenvalue weighted by Crippen LogP contribution is -2.45. The second-order valence-corrected chi connectivity index (χ2v) is 10.1. The molecule has 0 aliphatic carbocycles. The van der Waals surface area contributed by atoms with Crippen molar-refractivity contribution in [3.8, 4) is 5.75 Å². The third kappa shape index (κ3) is 6.31. The number of methoxy groups -OCH3 is 1. The standard InChI is InChI=1S/C28H36ClN3O4/c1-3-36-27(34)30-25(22-6-8-23(29)9-7-22)12-16-31-17-13-28(14-18-31)15-19-32(26(28)33)20-21-4-10-24(35-2)11-5-21/h4-11,25H,3,12-20H2,1-2H3,(H,30,34). The summed E-state index contributed by atoms with van der Waals surface area (Å²) in [5, 5.41) is 3.65. The number of alkyl carbamates (subject to hydrolysis) is 1. The maximum Gasteiger partial charge on any atom is 0.407 e. The number of carbonyl (C=O) groups is 2. The average Bonchev–Trinajstić information content (AvgIpc) is 3.18. The van der Waals surface area contributed by atoms with Crippen LogP contribution in [-0.4, -0.2) is 61.7 Å². The van der Waals surface area contributed by atoms with Gasteiger partial charge in [-0.3, -0.25) is 4.79 Å². The van der Waals surface area contributed by atoms with Gasteiger partial charge in [0.25, 0.3) is 0 Å². The molecule has 0 saturated carbocycles. The van der Waals surface area contributed by atoms with Gasteiger partial charge >= 0.3 is 6.09 Å². The number of likely N-dealkylation sites (tertiary alicyclic amines) is 2. The largest absolute Gasteiger partial charge is 0.497 e. The highest BCUT2D eigenvalue weighted by atomic mass is 35.5. The van der Waals surface area contributed by atoms with Crippen LogP contribution < -0.4 is 10.1 Å². The van der Waals surface area contributed by atoms with Gasteiger partial charge < -0.3 is 24.6 Å². The first-order valence-corrected chi connectivity index (χ1v) is 13.1. The van der Waals surface area contributed by atoms with E-state index in [1.807, 2.05) is 53.4 Å². The number of halogens is 1. The smallest absolute Gasteiger partial charge is 0.407 e. The van der Waals surface area contributed by atoms with Gasteiger partial charge in [0.1, 0.15) is 5.75 Å². The summed E-state index contributed by atoms with van der Waals surface area (Å²) in [5.41, 5.74) is 1.89. The molecule has 0 aromatic heterocycles. The number of benzene rings is 2. The van der Waals surface area contributed by atoms with Crippen LogP contribution in [0.3, 0.4) is 0 Å². The maximum atomic E-state index is 13.4. The summed E-state index contributed by atoms with van der Waals surface area (Å²) < 4.78 is 10.3. The van der Waals surface area contributed by atoms with Crippen molar-refractivity contribution in [1.82, 2.24) is 15.1 Å². The summed E-state index contributed by atoms with van der Waals surface area (Å²) in [6, 6.07) is 15.3. The summed E-state index contributed by atoms with van der Waals surface area (Å²) in [6.45, 7) is 6.19. The van der Waals surface area contributed by atoms with Gasteiger partial charge in [-0.15, -0.1) is 0 Å². The van der Waals surface area contributed by atoms with Crippen molar-refractivity contribution in [3.63, 3.8) is 0 Å². The predicted octanol–water partition coefficient (Wildman–Crippen LogP) is 5.04. The Morgan fingerprint density at radius 2 is 1.72 bits per heavy atom. The van der Waals surface area contributed by atoms with E-state index in [1.165, 1.54) is 0 Å². The Morgan fingerprint density at radius 1 is 1.06 bits per heavy atom. The number of nitrogens with zero attached hydrogens (tertiary/aromatic N) is 2. The van der Waals surface area contributed by atoms with E-state index in [9.17, 15) is 9.59 Å². The molecule has 1 N–H and O–H groups in total. The highest BCUT2D eigenvalue weighted by Gasteiger charge is 2.47. The Hall–Kier alpha value is -2.77. The number of amides is 2. The van der Waals surface area contributed by atoms with Crippen molar-refractivity contribution in [2.45, 2.75) is 45.2 Å². The SMILES string of the molecule is CCOC(=O)NC(CCN1CCC2(CC1)CCN(Cc1ccc(OC)cc1)C2=O)c1ccc(Cl)cc1. The molecule has 2 aliphatic heterocycles. The van der Waals surface area contributed by atoms with Crippen LogP contribution in [0.5, 0.6) is 5.75 Å². The molecule has 1 spiro atoms. The van der Waals surface area contributed by atoms with Crippen LogP contribution in [-0.2, 0) is 16.1 Å². The minimum Gasteiger partial charge on any atom is -0.497 e. The molecule has 8 heteroatoms. The number of carbonyl (C=O) groups excluding carboxylic acids is 2. The molecule has 4 rings (SSSR count). The molecular weight excluding hydrogens is 478 g/mol. The molecule has 2 aromatic carbocycles. The quantitative estimate of drug-likeness (QED) is 0.508. The van der Waals surface area contributed by atoms with Crippen molar-refractivity contribution in [3.05, 3.63) is 64.7 Å². The fourth-order valence-corrected chi connectivity index (χ4v) is 5.43. The Bertz CT molecular complexity index is 1020. The van der Waals surface area contributed by atoms with Crippen LogP contribution in [0.15, 0.2) is 48.5 Å². The van der Waals surface area contributed by atoms with Crippen LogP contribution >= 0.6 is 11.6 Å². The second kappa shape index (κ2) is 12.0. The predicted molar refractivity (Wildman–Crippen MR) is 140 cm³/mol. The number of piperidine rings is 1. The van der Waals surface area contributed by atoms with Crippen molar-refractivity contribution in [2.24, 2.45) is 5.41 Å². The number of rotatable bonds is 9. The molecule has 0 radical (unpaired) electrons. The molecule has 2 amide bonds. The number of hydrogen-bond donors (Lipinski definition) is 1. The van der Waals surface area contributed by atoms with Gasteiger partial charge in [-0.25, -0.2) is 4.79 Å². The average molecular weight is 514 g/mol. The fourth-order valence-electron chi connectivity index (χ4n) is 5.31. The summed E-state index contributed by atoms with van der Waals surface area (Å²) in [6.07, 6.45) is 3.02. The van der Waals surface area contributed by atoms with Crippen LogP contribution in [0.2, 0.25) is 5.02 Å². The number of hydrogen-bond acceptors (Lipinski definition) is 5. The normalized spacial score (nSPS) is 18.3. The molecule has 1 atom stereocenters. The molecule has 1 unspecified atom stereocenters. The molecule has 2 aliphatic rings. The van der Waals surface area contributed by atoms with Crippen LogP contribution in [0.1, 0.15) is 49.8 Å². The molecule has 7 nitrogen and oxygen atoms in total. The first-order valence-electron chi connectivity index (χ1n) is 12.8. The Balaban J connectivity index is 1.30. The van der Waals surface area contributed by atoms with Gasteiger partial charge in [-0.1, -0.05) is 35.9 Å². The van der Waals surface area contributed by atoms with E-state index in [-0.39, 0.29) is 11.5 Å². The summed E-state index contributed by atoms with van der Waals surface area (Å²) in [4.78, 5) is 29.9. The van der Waals surface area contributed by atoms with Gasteiger partial charge in [0.05, 0.1) is 25.2 Å². The molecule has 2 fully saturated rings. The van der Waals surface area contributed by atoms with Gasteiger partial charge in [0, 0.05) is 24.7 Å². The maximum absolute atomic E-state index is 13.4. The molecule has 2 aromatic rings. The third-order valence-electron chi connectivity index (χ3n) is 7.52. The van der Waals surface area contributed by atoms with E-state index in [0.717, 1.165) is 68.7 Å². The Labute approximate surface area is 218 Å². The van der Waals surface area contributed by atoms with Crippen molar-refractivity contribution in [2.75, 3.05) is 39.9 Å². The van der Waals surface area contributed by atoms with Gasteiger partial charge in [-0.05, 0) is 81.1 Å². The summed E-state index contributed by atoms with van der Waals surface area (Å²) in [5.74, 6) is 1.12. The zero-order valence-electron chi connectivity index (χ0n) is 21.2. The van der Waals surface area contributed by atoms with Gasteiger partial charge in [0.2, 0.25) is 5.91 Å². The minimum atomic E-state index is -0.413. The fraction of sp³-hybridized carbons (Fsp3) is 0.500. The molecule has 194 valence electrons. The first kappa shape index (κ1) is 26.3. The monoisotopic (exact) mass is 513 g/mol. The molecule has 36 heavy (non-hydrogen) atoms. The van der Waals surface area contributed by atoms with Crippen LogP contribution in [0.25, 0.3) is 0 Å². The Morgan fingerprint density at radius 3 is 2.36 bits per heavy atom. The van der Waals surface area contributed by atoms with E-state index in [1.54, 1.807) is 14.0 Å². The first-order chi connectivity index (χ1) is 17.4. The van der Waals surface area contributed by atoms with Gasteiger partial charge in [0.15, 0.2) is 0 Å². The van der Waals surface area contributed by atoms with Crippen LogP contribution in [0.4, 0.5) is 4.79 Å². The molecular formula is C28H36ClN3O4. The van der Waals surface area contributed by atoms with E-state index in [4.69, 9.17) is 21.1 Å². The lowest BCUT2D eigenvalue weighted by Gasteiger charge is -2.38. The highest BCUT2D eigenvalue weighted by molar-refractivity contribution is 6.30. The van der Waals surface area contributed by atoms with Gasteiger partial charge in [-0.2, -0.15) is 0 Å². The van der Waals surface area contributed by atoms with Crippen LogP contribution in [0, 0.1) is 5.41 Å². The van der Waals surface area contributed by atoms with E-state index >= 15 is 0 Å². The number of ether oxygens (including phenoxy) is 2. The second-order valence-electron chi connectivity index (χ2n) is 9.70.